The first-order chi connectivity index (χ1) is 9.20. The van der Waals surface area contributed by atoms with Crippen LogP contribution in [-0.2, 0) is 7.05 Å². The molecule has 1 aliphatic rings. The van der Waals surface area contributed by atoms with Crippen LogP contribution in [0, 0.1) is 6.92 Å². The molecule has 0 bridgehead atoms. The molecule has 3 heterocycles. The molecule has 1 atom stereocenters. The Labute approximate surface area is 116 Å². The minimum absolute atomic E-state index is 0.257. The summed E-state index contributed by atoms with van der Waals surface area (Å²) in [6, 6.07) is 0.438. The van der Waals surface area contributed by atoms with E-state index in [0.29, 0.717) is 6.04 Å². The second-order valence-corrected chi connectivity index (χ2v) is 6.19. The molecule has 1 aliphatic heterocycles. The van der Waals surface area contributed by atoms with Gasteiger partial charge in [0.05, 0.1) is 10.4 Å². The Morgan fingerprint density at radius 2 is 2.26 bits per heavy atom. The second kappa shape index (κ2) is 5.09. The van der Waals surface area contributed by atoms with Gasteiger partial charge in [0, 0.05) is 26.2 Å². The number of aromatic nitrogens is 3. The van der Waals surface area contributed by atoms with Crippen LogP contribution in [0.3, 0.4) is 0 Å². The average molecular weight is 280 g/mol. The molecule has 0 radical (unpaired) electrons. The molecule has 19 heavy (non-hydrogen) atoms. The van der Waals surface area contributed by atoms with Gasteiger partial charge < -0.3 is 10.0 Å². The van der Waals surface area contributed by atoms with Gasteiger partial charge in [-0.2, -0.15) is 5.10 Å². The third kappa shape index (κ3) is 2.23. The third-order valence-electron chi connectivity index (χ3n) is 3.87. The summed E-state index contributed by atoms with van der Waals surface area (Å²) in [5, 5.41) is 14.7. The molecule has 0 aliphatic carbocycles. The van der Waals surface area contributed by atoms with Gasteiger partial charge in [0.25, 0.3) is 0 Å². The number of hydrogen-bond donors (Lipinski definition) is 1. The summed E-state index contributed by atoms with van der Waals surface area (Å²) in [5.74, 6) is 0. The molecule has 1 saturated heterocycles. The van der Waals surface area contributed by atoms with Crippen molar-refractivity contribution in [2.24, 2.45) is 7.05 Å². The van der Waals surface area contributed by atoms with E-state index in [1.165, 1.54) is 17.5 Å². The van der Waals surface area contributed by atoms with Crippen molar-refractivity contribution in [3.05, 3.63) is 5.69 Å². The molecule has 1 N–H and O–H groups in total. The number of piperidine rings is 1. The van der Waals surface area contributed by atoms with Gasteiger partial charge in [0.1, 0.15) is 0 Å². The van der Waals surface area contributed by atoms with E-state index >= 15 is 0 Å². The Balaban J connectivity index is 1.95. The summed E-state index contributed by atoms with van der Waals surface area (Å²) in [6.45, 7) is 3.34. The number of aryl methyl sites for hydroxylation is 2. The molecule has 2 aromatic heterocycles. The van der Waals surface area contributed by atoms with E-state index < -0.39 is 0 Å². The number of anilines is 1. The lowest BCUT2D eigenvalue weighted by molar-refractivity contribution is 0.262. The van der Waals surface area contributed by atoms with Crippen LogP contribution in [0.15, 0.2) is 0 Å². The number of aliphatic hydroxyl groups excluding tert-OH is 1. The van der Waals surface area contributed by atoms with E-state index in [9.17, 15) is 5.11 Å². The molecule has 3 rings (SSSR count). The molecule has 0 unspecified atom stereocenters. The fourth-order valence-corrected chi connectivity index (χ4v) is 4.03. The van der Waals surface area contributed by atoms with Gasteiger partial charge in [-0.15, -0.1) is 0 Å². The van der Waals surface area contributed by atoms with Crippen LogP contribution in [0.5, 0.6) is 0 Å². The Hall–Kier alpha value is -1.14. The predicted molar refractivity (Wildman–Crippen MR) is 77.8 cm³/mol. The molecular formula is C13H20N4OS. The van der Waals surface area contributed by atoms with E-state index in [1.54, 1.807) is 11.3 Å². The number of fused-ring (bicyclic) bond motifs is 1. The van der Waals surface area contributed by atoms with Gasteiger partial charge in [-0.3, -0.25) is 0 Å². The van der Waals surface area contributed by atoms with E-state index in [1.807, 2.05) is 18.7 Å². The molecule has 6 heteroatoms. The van der Waals surface area contributed by atoms with Crippen LogP contribution < -0.4 is 4.90 Å². The van der Waals surface area contributed by atoms with Gasteiger partial charge in [0.15, 0.2) is 10.8 Å². The highest BCUT2D eigenvalue weighted by Gasteiger charge is 2.25. The lowest BCUT2D eigenvalue weighted by atomic mass is 10.0. The highest BCUT2D eigenvalue weighted by molar-refractivity contribution is 7.22. The monoisotopic (exact) mass is 280 g/mol. The summed E-state index contributed by atoms with van der Waals surface area (Å²) in [5.41, 5.74) is 2.03. The van der Waals surface area contributed by atoms with E-state index in [4.69, 9.17) is 4.98 Å². The Morgan fingerprint density at radius 3 is 3.00 bits per heavy atom. The molecule has 104 valence electrons. The quantitative estimate of drug-likeness (QED) is 0.935. The summed E-state index contributed by atoms with van der Waals surface area (Å²) in [4.78, 5) is 7.13. The highest BCUT2D eigenvalue weighted by atomic mass is 32.1. The molecule has 5 nitrogen and oxygen atoms in total. The summed E-state index contributed by atoms with van der Waals surface area (Å²) in [6.07, 6.45) is 4.47. The number of rotatable bonds is 3. The van der Waals surface area contributed by atoms with Crippen LogP contribution in [0.25, 0.3) is 10.3 Å². The normalized spacial score (nSPS) is 20.4. The van der Waals surface area contributed by atoms with Gasteiger partial charge in [-0.25, -0.2) is 9.67 Å². The average Bonchev–Trinajstić information content (AvgIpc) is 2.94. The topological polar surface area (TPSA) is 54.2 Å². The fraction of sp³-hybridized carbons (Fsp3) is 0.692. The zero-order chi connectivity index (χ0) is 13.4. The largest absolute Gasteiger partial charge is 0.396 e. The SMILES string of the molecule is Cc1nn(C)c2nc(N3CCCC[C@H]3CCO)sc12. The molecule has 0 saturated carbocycles. The molecule has 0 aromatic carbocycles. The first-order valence-electron chi connectivity index (χ1n) is 6.88. The van der Waals surface area contributed by atoms with Crippen molar-refractivity contribution in [3.8, 4) is 0 Å². The van der Waals surface area contributed by atoms with Gasteiger partial charge in [0.2, 0.25) is 0 Å². The van der Waals surface area contributed by atoms with Crippen molar-refractivity contribution < 1.29 is 5.11 Å². The van der Waals surface area contributed by atoms with Crippen molar-refractivity contribution in [2.45, 2.75) is 38.6 Å². The maximum atomic E-state index is 9.21. The molecular weight excluding hydrogens is 260 g/mol. The molecule has 0 amide bonds. The highest BCUT2D eigenvalue weighted by Crippen LogP contribution is 2.34. The fourth-order valence-electron chi connectivity index (χ4n) is 2.90. The van der Waals surface area contributed by atoms with E-state index in [0.717, 1.165) is 35.9 Å². The minimum atomic E-state index is 0.257. The van der Waals surface area contributed by atoms with Gasteiger partial charge >= 0.3 is 0 Å². The molecule has 0 spiro atoms. The van der Waals surface area contributed by atoms with E-state index in [2.05, 4.69) is 10.00 Å². The van der Waals surface area contributed by atoms with Crippen molar-refractivity contribution in [3.63, 3.8) is 0 Å². The lowest BCUT2D eigenvalue weighted by Crippen LogP contribution is -2.40. The van der Waals surface area contributed by atoms with Crippen molar-refractivity contribution in [2.75, 3.05) is 18.1 Å². The number of thiazole rings is 1. The zero-order valence-electron chi connectivity index (χ0n) is 11.5. The number of aliphatic hydroxyl groups is 1. The Bertz CT molecular complexity index is 540. The number of nitrogens with zero attached hydrogens (tertiary/aromatic N) is 4. The van der Waals surface area contributed by atoms with Crippen LogP contribution in [0.2, 0.25) is 0 Å². The standard InChI is InChI=1S/C13H20N4OS/c1-9-11-12(16(2)15-9)14-13(19-11)17-7-4-3-5-10(17)6-8-18/h10,18H,3-8H2,1-2H3/t10-/m0/s1. The Morgan fingerprint density at radius 1 is 1.42 bits per heavy atom. The summed E-state index contributed by atoms with van der Waals surface area (Å²) < 4.78 is 3.04. The molecule has 2 aromatic rings. The molecule has 1 fully saturated rings. The van der Waals surface area contributed by atoms with Crippen molar-refractivity contribution in [1.82, 2.24) is 14.8 Å². The first kappa shape index (κ1) is 12.9. The smallest absolute Gasteiger partial charge is 0.188 e. The minimum Gasteiger partial charge on any atom is -0.396 e. The Kier molecular flexibility index (Phi) is 3.45. The van der Waals surface area contributed by atoms with Crippen LogP contribution >= 0.6 is 11.3 Å². The lowest BCUT2D eigenvalue weighted by Gasteiger charge is -2.35. The van der Waals surface area contributed by atoms with Crippen molar-refractivity contribution >= 4 is 26.8 Å². The zero-order valence-corrected chi connectivity index (χ0v) is 12.3. The maximum absolute atomic E-state index is 9.21. The van der Waals surface area contributed by atoms with Crippen LogP contribution in [0.4, 0.5) is 5.13 Å². The van der Waals surface area contributed by atoms with Gasteiger partial charge in [-0.1, -0.05) is 11.3 Å². The number of hydrogen-bond acceptors (Lipinski definition) is 5. The van der Waals surface area contributed by atoms with Crippen LogP contribution in [-0.4, -0.2) is 39.1 Å². The maximum Gasteiger partial charge on any atom is 0.188 e. The van der Waals surface area contributed by atoms with E-state index in [-0.39, 0.29) is 6.61 Å². The van der Waals surface area contributed by atoms with Crippen molar-refractivity contribution in [1.29, 1.82) is 0 Å². The summed E-state index contributed by atoms with van der Waals surface area (Å²) >= 11 is 1.73. The third-order valence-corrected chi connectivity index (χ3v) is 5.06. The second-order valence-electron chi connectivity index (χ2n) is 5.21. The van der Waals surface area contributed by atoms with Crippen LogP contribution in [0.1, 0.15) is 31.4 Å². The van der Waals surface area contributed by atoms with Gasteiger partial charge in [-0.05, 0) is 32.6 Å². The predicted octanol–water partition coefficient (Wildman–Crippen LogP) is 2.08. The first-order valence-corrected chi connectivity index (χ1v) is 7.70. The summed E-state index contributed by atoms with van der Waals surface area (Å²) in [7, 11) is 1.94.